The highest BCUT2D eigenvalue weighted by molar-refractivity contribution is 4.92. The lowest BCUT2D eigenvalue weighted by atomic mass is 9.85. The molecule has 0 radical (unpaired) electrons. The molecule has 2 heteroatoms. The van der Waals surface area contributed by atoms with Crippen molar-refractivity contribution in [1.82, 2.24) is 4.90 Å². The summed E-state index contributed by atoms with van der Waals surface area (Å²) < 4.78 is 0. The van der Waals surface area contributed by atoms with Gasteiger partial charge in [0.05, 0.1) is 0 Å². The van der Waals surface area contributed by atoms with Crippen LogP contribution in [0, 0.1) is 5.92 Å². The summed E-state index contributed by atoms with van der Waals surface area (Å²) in [6, 6.07) is 1.72. The van der Waals surface area contributed by atoms with E-state index in [0.29, 0.717) is 6.61 Å². The van der Waals surface area contributed by atoms with E-state index in [1.165, 1.54) is 45.1 Å². The van der Waals surface area contributed by atoms with Crippen LogP contribution in [0.2, 0.25) is 0 Å². The fourth-order valence-electron chi connectivity index (χ4n) is 3.49. The summed E-state index contributed by atoms with van der Waals surface area (Å²) in [6.45, 7) is 4.12. The molecule has 3 atom stereocenters. The van der Waals surface area contributed by atoms with E-state index in [-0.39, 0.29) is 0 Å². The molecule has 0 bridgehead atoms. The number of piperidine rings is 1. The Kier molecular flexibility index (Phi) is 4.04. The summed E-state index contributed by atoms with van der Waals surface area (Å²) in [7, 11) is 0. The van der Waals surface area contributed by atoms with Crippen molar-refractivity contribution in [2.45, 2.75) is 64.0 Å². The zero-order chi connectivity index (χ0) is 10.7. The van der Waals surface area contributed by atoms with Gasteiger partial charge in [0.1, 0.15) is 0 Å². The second-order valence-corrected chi connectivity index (χ2v) is 5.38. The minimum Gasteiger partial charge on any atom is -0.396 e. The van der Waals surface area contributed by atoms with E-state index < -0.39 is 0 Å². The molecule has 1 unspecified atom stereocenters. The number of rotatable bonds is 4. The molecule has 2 fully saturated rings. The van der Waals surface area contributed by atoms with Crippen molar-refractivity contribution in [3.05, 3.63) is 0 Å². The lowest BCUT2D eigenvalue weighted by Crippen LogP contribution is -2.46. The van der Waals surface area contributed by atoms with Crippen molar-refractivity contribution < 1.29 is 5.11 Å². The van der Waals surface area contributed by atoms with Crippen LogP contribution in [0.5, 0.6) is 0 Å². The molecule has 0 aliphatic carbocycles. The van der Waals surface area contributed by atoms with Crippen molar-refractivity contribution in [1.29, 1.82) is 0 Å². The largest absolute Gasteiger partial charge is 0.396 e. The molecule has 0 amide bonds. The minimum absolute atomic E-state index is 0.368. The first-order valence-electron chi connectivity index (χ1n) is 6.69. The third-order valence-electron chi connectivity index (χ3n) is 4.37. The Hall–Kier alpha value is -0.0800. The van der Waals surface area contributed by atoms with Gasteiger partial charge in [0, 0.05) is 18.7 Å². The molecular weight excluding hydrogens is 186 g/mol. The molecule has 2 nitrogen and oxygen atoms in total. The molecule has 0 aromatic carbocycles. The Labute approximate surface area is 93.7 Å². The quantitative estimate of drug-likeness (QED) is 0.722. The molecule has 2 rings (SSSR count). The maximum absolute atomic E-state index is 8.81. The van der Waals surface area contributed by atoms with E-state index in [0.717, 1.165) is 24.4 Å². The minimum atomic E-state index is 0.368. The molecule has 0 aromatic heterocycles. The molecular formula is C13H25NO. The fourth-order valence-corrected chi connectivity index (χ4v) is 3.49. The number of aliphatic hydroxyl groups is 1. The van der Waals surface area contributed by atoms with Crippen LogP contribution in [0.15, 0.2) is 0 Å². The normalized spacial score (nSPS) is 36.8. The van der Waals surface area contributed by atoms with E-state index in [4.69, 9.17) is 5.11 Å². The van der Waals surface area contributed by atoms with Gasteiger partial charge in [-0.15, -0.1) is 0 Å². The van der Waals surface area contributed by atoms with Gasteiger partial charge in [0.25, 0.3) is 0 Å². The molecule has 2 heterocycles. The van der Waals surface area contributed by atoms with Crippen LogP contribution < -0.4 is 0 Å². The van der Waals surface area contributed by atoms with Gasteiger partial charge in [-0.2, -0.15) is 0 Å². The molecule has 88 valence electrons. The SMILES string of the molecule is C[C@@H]1CC[C@@H](CCCCO)N2CCCC12. The first-order valence-corrected chi connectivity index (χ1v) is 6.69. The lowest BCUT2D eigenvalue weighted by molar-refractivity contribution is 0.0742. The fraction of sp³-hybridized carbons (Fsp3) is 1.00. The van der Waals surface area contributed by atoms with Gasteiger partial charge < -0.3 is 5.11 Å². The summed E-state index contributed by atoms with van der Waals surface area (Å²) in [5, 5.41) is 8.81. The van der Waals surface area contributed by atoms with Crippen LogP contribution in [0.4, 0.5) is 0 Å². The second kappa shape index (κ2) is 5.31. The Bertz CT molecular complexity index is 195. The van der Waals surface area contributed by atoms with Gasteiger partial charge in [-0.1, -0.05) is 6.92 Å². The monoisotopic (exact) mass is 211 g/mol. The molecule has 0 saturated carbocycles. The molecule has 15 heavy (non-hydrogen) atoms. The topological polar surface area (TPSA) is 23.5 Å². The van der Waals surface area contributed by atoms with Crippen molar-refractivity contribution in [2.75, 3.05) is 13.2 Å². The molecule has 1 N–H and O–H groups in total. The molecule has 2 aliphatic heterocycles. The van der Waals surface area contributed by atoms with Gasteiger partial charge >= 0.3 is 0 Å². The number of fused-ring (bicyclic) bond motifs is 1. The van der Waals surface area contributed by atoms with Crippen LogP contribution >= 0.6 is 0 Å². The van der Waals surface area contributed by atoms with Crippen molar-refractivity contribution in [2.24, 2.45) is 5.92 Å². The van der Waals surface area contributed by atoms with Crippen LogP contribution in [0.3, 0.4) is 0 Å². The van der Waals surface area contributed by atoms with E-state index in [9.17, 15) is 0 Å². The second-order valence-electron chi connectivity index (χ2n) is 5.38. The van der Waals surface area contributed by atoms with Gasteiger partial charge in [0.15, 0.2) is 0 Å². The number of unbranched alkanes of at least 4 members (excludes halogenated alkanes) is 1. The number of nitrogens with zero attached hydrogens (tertiary/aromatic N) is 1. The molecule has 2 saturated heterocycles. The van der Waals surface area contributed by atoms with Crippen molar-refractivity contribution in [3.8, 4) is 0 Å². The Morgan fingerprint density at radius 1 is 1.20 bits per heavy atom. The summed E-state index contributed by atoms with van der Waals surface area (Å²) in [5.41, 5.74) is 0. The van der Waals surface area contributed by atoms with Crippen LogP contribution in [-0.4, -0.2) is 35.2 Å². The van der Waals surface area contributed by atoms with Gasteiger partial charge in [-0.05, 0) is 57.4 Å². The predicted octanol–water partition coefficient (Wildman–Crippen LogP) is 2.41. The Balaban J connectivity index is 1.84. The average Bonchev–Trinajstić information content (AvgIpc) is 2.71. The third-order valence-corrected chi connectivity index (χ3v) is 4.37. The van der Waals surface area contributed by atoms with E-state index in [2.05, 4.69) is 11.8 Å². The summed E-state index contributed by atoms with van der Waals surface area (Å²) in [4.78, 5) is 2.77. The van der Waals surface area contributed by atoms with Crippen LogP contribution in [0.25, 0.3) is 0 Å². The maximum atomic E-state index is 8.81. The standard InChI is InChI=1S/C13H25NO/c1-11-7-8-12(5-2-3-10-15)14-9-4-6-13(11)14/h11-13,15H,2-10H2,1H3/t11-,12-,13?/m1/s1. The number of aliphatic hydroxyl groups excluding tert-OH is 1. The van der Waals surface area contributed by atoms with Crippen molar-refractivity contribution in [3.63, 3.8) is 0 Å². The molecule has 0 aromatic rings. The first-order chi connectivity index (χ1) is 7.33. The van der Waals surface area contributed by atoms with Crippen LogP contribution in [0.1, 0.15) is 51.9 Å². The van der Waals surface area contributed by atoms with Gasteiger partial charge in [-0.3, -0.25) is 4.90 Å². The third kappa shape index (κ3) is 2.54. The molecule has 0 spiro atoms. The van der Waals surface area contributed by atoms with Crippen LogP contribution in [-0.2, 0) is 0 Å². The lowest BCUT2D eigenvalue weighted by Gasteiger charge is -2.41. The summed E-state index contributed by atoms with van der Waals surface area (Å²) >= 11 is 0. The Morgan fingerprint density at radius 2 is 2.07 bits per heavy atom. The van der Waals surface area contributed by atoms with Gasteiger partial charge in [0.2, 0.25) is 0 Å². The first kappa shape index (κ1) is 11.4. The summed E-state index contributed by atoms with van der Waals surface area (Å²) in [5.74, 6) is 0.918. The maximum Gasteiger partial charge on any atom is 0.0431 e. The number of hydrogen-bond acceptors (Lipinski definition) is 2. The van der Waals surface area contributed by atoms with E-state index >= 15 is 0 Å². The smallest absolute Gasteiger partial charge is 0.0431 e. The highest BCUT2D eigenvalue weighted by Crippen LogP contribution is 2.36. The van der Waals surface area contributed by atoms with Crippen molar-refractivity contribution >= 4 is 0 Å². The zero-order valence-electron chi connectivity index (χ0n) is 9.99. The Morgan fingerprint density at radius 3 is 2.87 bits per heavy atom. The highest BCUT2D eigenvalue weighted by Gasteiger charge is 2.37. The molecule has 2 aliphatic rings. The summed E-state index contributed by atoms with van der Waals surface area (Å²) in [6.07, 6.45) is 9.16. The average molecular weight is 211 g/mol. The predicted molar refractivity (Wildman–Crippen MR) is 62.9 cm³/mol. The number of hydrogen-bond donors (Lipinski definition) is 1. The highest BCUT2D eigenvalue weighted by atomic mass is 16.2. The van der Waals surface area contributed by atoms with E-state index in [1.807, 2.05) is 0 Å². The van der Waals surface area contributed by atoms with Gasteiger partial charge in [-0.25, -0.2) is 0 Å². The van der Waals surface area contributed by atoms with E-state index in [1.54, 1.807) is 0 Å². The zero-order valence-corrected chi connectivity index (χ0v) is 9.99.